The fourth-order valence-electron chi connectivity index (χ4n) is 3.36. The lowest BCUT2D eigenvalue weighted by molar-refractivity contribution is 0.302. The number of nitrogens with zero attached hydrogens (tertiary/aromatic N) is 3. The van der Waals surface area contributed by atoms with Crippen molar-refractivity contribution in [3.8, 4) is 17.2 Å². The standard InChI is InChI=1S/C20H23N3O2S/c1-15-12-16(13-21)4-9-20(15)17-5-7-19(8-6-17)26(24,25)23-11-10-18(14-23)22(2)3/h4-9,12,18H,10-11,14H2,1-3H3/t18-/m1/s1. The molecule has 136 valence electrons. The first-order chi connectivity index (χ1) is 12.3. The zero-order chi connectivity index (χ0) is 18.9. The number of benzene rings is 2. The lowest BCUT2D eigenvalue weighted by Crippen LogP contribution is -2.34. The van der Waals surface area contributed by atoms with Gasteiger partial charge in [0.1, 0.15) is 0 Å². The van der Waals surface area contributed by atoms with Crippen LogP contribution in [0.1, 0.15) is 17.5 Å². The van der Waals surface area contributed by atoms with Gasteiger partial charge < -0.3 is 4.90 Å². The van der Waals surface area contributed by atoms with E-state index < -0.39 is 10.0 Å². The van der Waals surface area contributed by atoms with Crippen molar-refractivity contribution in [2.45, 2.75) is 24.3 Å². The summed E-state index contributed by atoms with van der Waals surface area (Å²) in [5.74, 6) is 0. The summed E-state index contributed by atoms with van der Waals surface area (Å²) in [6.07, 6.45) is 0.856. The molecule has 3 rings (SSSR count). The highest BCUT2D eigenvalue weighted by Gasteiger charge is 2.33. The number of likely N-dealkylation sites (N-methyl/N-ethyl adjacent to an activating group) is 1. The molecule has 1 aliphatic heterocycles. The van der Waals surface area contributed by atoms with Gasteiger partial charge >= 0.3 is 0 Å². The molecule has 0 unspecified atom stereocenters. The third-order valence-electron chi connectivity index (χ3n) is 5.02. The van der Waals surface area contributed by atoms with Gasteiger partial charge in [-0.3, -0.25) is 0 Å². The van der Waals surface area contributed by atoms with E-state index in [-0.39, 0.29) is 6.04 Å². The monoisotopic (exact) mass is 369 g/mol. The molecule has 0 bridgehead atoms. The van der Waals surface area contributed by atoms with E-state index in [1.807, 2.05) is 45.3 Å². The Kier molecular flexibility index (Phi) is 5.15. The topological polar surface area (TPSA) is 64.4 Å². The first kappa shape index (κ1) is 18.6. The van der Waals surface area contributed by atoms with Gasteiger partial charge in [0.2, 0.25) is 10.0 Å². The number of hydrogen-bond donors (Lipinski definition) is 0. The van der Waals surface area contributed by atoms with Gasteiger partial charge in [0.25, 0.3) is 0 Å². The number of aryl methyl sites for hydroxylation is 1. The molecule has 1 aliphatic rings. The maximum absolute atomic E-state index is 12.9. The minimum atomic E-state index is -3.46. The molecule has 6 heteroatoms. The van der Waals surface area contributed by atoms with Crippen LogP contribution in [0.15, 0.2) is 47.4 Å². The summed E-state index contributed by atoms with van der Waals surface area (Å²) >= 11 is 0. The third kappa shape index (κ3) is 3.51. The molecule has 1 saturated heterocycles. The van der Waals surface area contributed by atoms with Gasteiger partial charge in [0.15, 0.2) is 0 Å². The molecule has 0 amide bonds. The average Bonchev–Trinajstić information content (AvgIpc) is 3.13. The van der Waals surface area contributed by atoms with Crippen LogP contribution in [0.4, 0.5) is 0 Å². The van der Waals surface area contributed by atoms with Crippen molar-refractivity contribution in [1.29, 1.82) is 5.26 Å². The molecule has 0 radical (unpaired) electrons. The smallest absolute Gasteiger partial charge is 0.243 e. The molecule has 1 atom stereocenters. The van der Waals surface area contributed by atoms with Crippen molar-refractivity contribution < 1.29 is 8.42 Å². The quantitative estimate of drug-likeness (QED) is 0.831. The van der Waals surface area contributed by atoms with Crippen molar-refractivity contribution in [1.82, 2.24) is 9.21 Å². The van der Waals surface area contributed by atoms with E-state index in [1.54, 1.807) is 22.5 Å². The summed E-state index contributed by atoms with van der Waals surface area (Å²) in [6.45, 7) is 3.04. The first-order valence-electron chi connectivity index (χ1n) is 8.60. The number of sulfonamides is 1. The SMILES string of the molecule is Cc1cc(C#N)ccc1-c1ccc(S(=O)(=O)N2CC[C@@H](N(C)C)C2)cc1. The van der Waals surface area contributed by atoms with Crippen molar-refractivity contribution in [2.75, 3.05) is 27.2 Å². The van der Waals surface area contributed by atoms with Crippen LogP contribution in [0.2, 0.25) is 0 Å². The van der Waals surface area contributed by atoms with Crippen LogP contribution in [0, 0.1) is 18.3 Å². The maximum Gasteiger partial charge on any atom is 0.243 e. The fraction of sp³-hybridized carbons (Fsp3) is 0.350. The summed E-state index contributed by atoms with van der Waals surface area (Å²) < 4.78 is 27.3. The van der Waals surface area contributed by atoms with Gasteiger partial charge in [-0.2, -0.15) is 9.57 Å². The summed E-state index contributed by atoms with van der Waals surface area (Å²) in [5.41, 5.74) is 3.56. The van der Waals surface area contributed by atoms with E-state index in [1.165, 1.54) is 0 Å². The highest BCUT2D eigenvalue weighted by atomic mass is 32.2. The first-order valence-corrected chi connectivity index (χ1v) is 10.0. The van der Waals surface area contributed by atoms with E-state index in [9.17, 15) is 8.42 Å². The summed E-state index contributed by atoms with van der Waals surface area (Å²) in [5, 5.41) is 8.98. The van der Waals surface area contributed by atoms with Crippen molar-refractivity contribution in [2.24, 2.45) is 0 Å². The molecule has 5 nitrogen and oxygen atoms in total. The molecule has 0 spiro atoms. The largest absolute Gasteiger partial charge is 0.305 e. The number of hydrogen-bond acceptors (Lipinski definition) is 4. The summed E-state index contributed by atoms with van der Waals surface area (Å²) in [7, 11) is 0.502. The zero-order valence-corrected chi connectivity index (χ0v) is 16.1. The minimum absolute atomic E-state index is 0.269. The highest BCUT2D eigenvalue weighted by Crippen LogP contribution is 2.28. The molecule has 1 heterocycles. The average molecular weight is 369 g/mol. The van der Waals surface area contributed by atoms with Gasteiger partial charge in [0, 0.05) is 19.1 Å². The second kappa shape index (κ2) is 7.20. The van der Waals surface area contributed by atoms with Crippen LogP contribution >= 0.6 is 0 Å². The molecule has 0 aromatic heterocycles. The highest BCUT2D eigenvalue weighted by molar-refractivity contribution is 7.89. The Bertz CT molecular complexity index is 944. The fourth-order valence-corrected chi connectivity index (χ4v) is 4.86. The predicted octanol–water partition coefficient (Wildman–Crippen LogP) is 2.86. The lowest BCUT2D eigenvalue weighted by Gasteiger charge is -2.20. The molecule has 0 aliphatic carbocycles. The normalized spacial score (nSPS) is 18.2. The number of nitriles is 1. The second-order valence-electron chi connectivity index (χ2n) is 6.94. The van der Waals surface area contributed by atoms with Crippen LogP contribution in [0.5, 0.6) is 0 Å². The molecular formula is C20H23N3O2S. The van der Waals surface area contributed by atoms with Gasteiger partial charge in [0.05, 0.1) is 16.5 Å². The molecule has 2 aromatic rings. The zero-order valence-electron chi connectivity index (χ0n) is 15.3. The van der Waals surface area contributed by atoms with E-state index >= 15 is 0 Å². The Morgan fingerprint density at radius 2 is 1.85 bits per heavy atom. The van der Waals surface area contributed by atoms with Crippen LogP contribution in [0.3, 0.4) is 0 Å². The van der Waals surface area contributed by atoms with Gasteiger partial charge in [-0.05, 0) is 68.4 Å². The van der Waals surface area contributed by atoms with E-state index in [2.05, 4.69) is 11.0 Å². The van der Waals surface area contributed by atoms with Crippen molar-refractivity contribution >= 4 is 10.0 Å². The van der Waals surface area contributed by atoms with Crippen LogP contribution < -0.4 is 0 Å². The van der Waals surface area contributed by atoms with Gasteiger partial charge in [-0.25, -0.2) is 8.42 Å². The van der Waals surface area contributed by atoms with Crippen LogP contribution in [-0.2, 0) is 10.0 Å². The molecule has 26 heavy (non-hydrogen) atoms. The summed E-state index contributed by atoms with van der Waals surface area (Å²) in [4.78, 5) is 2.40. The van der Waals surface area contributed by atoms with Gasteiger partial charge in [-0.1, -0.05) is 18.2 Å². The predicted molar refractivity (Wildman–Crippen MR) is 102 cm³/mol. The Hall–Kier alpha value is -2.20. The van der Waals surface area contributed by atoms with E-state index in [0.29, 0.717) is 23.5 Å². The molecule has 1 fully saturated rings. The molecular weight excluding hydrogens is 346 g/mol. The Morgan fingerprint density at radius 3 is 2.38 bits per heavy atom. The van der Waals surface area contributed by atoms with Gasteiger partial charge in [-0.15, -0.1) is 0 Å². The van der Waals surface area contributed by atoms with Crippen LogP contribution in [0.25, 0.3) is 11.1 Å². The number of rotatable bonds is 4. The minimum Gasteiger partial charge on any atom is -0.305 e. The molecule has 0 saturated carbocycles. The lowest BCUT2D eigenvalue weighted by atomic mass is 9.99. The van der Waals surface area contributed by atoms with Crippen molar-refractivity contribution in [3.05, 3.63) is 53.6 Å². The van der Waals surface area contributed by atoms with Crippen molar-refractivity contribution in [3.63, 3.8) is 0 Å². The summed E-state index contributed by atoms with van der Waals surface area (Å²) in [6, 6.07) is 14.9. The van der Waals surface area contributed by atoms with Crippen LogP contribution in [-0.4, -0.2) is 50.8 Å². The Labute approximate surface area is 155 Å². The maximum atomic E-state index is 12.9. The Balaban J connectivity index is 1.85. The molecule has 2 aromatic carbocycles. The third-order valence-corrected chi connectivity index (χ3v) is 6.89. The van der Waals surface area contributed by atoms with E-state index in [4.69, 9.17) is 5.26 Å². The molecule has 0 N–H and O–H groups in total. The van der Waals surface area contributed by atoms with E-state index in [0.717, 1.165) is 23.1 Å². The Morgan fingerprint density at radius 1 is 1.15 bits per heavy atom. The second-order valence-corrected chi connectivity index (χ2v) is 8.87.